The third-order valence-electron chi connectivity index (χ3n) is 2.80. The van der Waals surface area contributed by atoms with Gasteiger partial charge in [0, 0.05) is 0 Å². The van der Waals surface area contributed by atoms with Crippen molar-refractivity contribution in [3.05, 3.63) is 0 Å². The maximum atomic E-state index is 10.9. The minimum absolute atomic E-state index is 0. The second-order valence-electron chi connectivity index (χ2n) is 4.65. The van der Waals surface area contributed by atoms with Gasteiger partial charge in [-0.25, -0.2) is 13.7 Å². The second kappa shape index (κ2) is 13.0. The number of rotatable bonds is 6. The first-order chi connectivity index (χ1) is 10.5. The fraction of sp³-hybridized carbons (Fsp3) is 1.00. The first-order valence-corrected chi connectivity index (χ1v) is 10.4. The number of aliphatic hydroxyl groups is 3. The maximum absolute atomic E-state index is 10.9. The van der Waals surface area contributed by atoms with Gasteiger partial charge in [-0.15, -0.1) is 0 Å². The molecule has 0 bridgehead atoms. The Labute approximate surface area is 218 Å². The van der Waals surface area contributed by atoms with Crippen molar-refractivity contribution in [3.63, 3.8) is 0 Å². The molecule has 1 saturated carbocycles. The molecule has 15 nitrogen and oxygen atoms in total. The predicted octanol–water partition coefficient (Wildman–Crippen LogP) is -12.5. The van der Waals surface area contributed by atoms with Crippen LogP contribution in [0.25, 0.3) is 0 Å². The van der Waals surface area contributed by atoms with Crippen molar-refractivity contribution in [2.75, 3.05) is 0 Å². The average Bonchev–Trinajstić information content (AvgIpc) is 2.32. The van der Waals surface area contributed by atoms with Gasteiger partial charge >= 0.3 is 112 Å². The van der Waals surface area contributed by atoms with Crippen LogP contribution < -0.4 is 88.7 Å². The number of aliphatic hydroxyl groups excluding tert-OH is 3. The minimum Gasteiger partial charge on any atom is -0.387 e. The fourth-order valence-electron chi connectivity index (χ4n) is 2.02. The Morgan fingerprint density at radius 1 is 0.481 bits per heavy atom. The summed E-state index contributed by atoms with van der Waals surface area (Å²) in [4.78, 5) is 52.3. The smallest absolute Gasteiger partial charge is 0.387 e. The third kappa shape index (κ3) is 12.1. The van der Waals surface area contributed by atoms with E-state index >= 15 is 0 Å². The molecule has 0 spiro atoms. The first kappa shape index (κ1) is 34.8. The van der Waals surface area contributed by atoms with Gasteiger partial charge in [-0.3, -0.25) is 13.6 Å². The molecule has 0 atom stereocenters. The number of phosphoric ester groups is 3. The van der Waals surface area contributed by atoms with Gasteiger partial charge in [0.25, 0.3) is 0 Å². The van der Waals surface area contributed by atoms with Crippen molar-refractivity contribution in [2.24, 2.45) is 0 Å². The summed E-state index contributed by atoms with van der Waals surface area (Å²) in [7, 11) is -16.2. The quantitative estimate of drug-likeness (QED) is 0.124. The van der Waals surface area contributed by atoms with Crippen LogP contribution in [0.3, 0.4) is 0 Å². The molecule has 0 amide bonds. The SMILES string of the molecule is O=P(O)(O)OC1C(O)C(OP(=O)(O)O)C(O)C(OP(=O)(O)O)C1O.[Na+].[Na+].[Na+]. The molecule has 0 aromatic rings. The first-order valence-electron chi connectivity index (χ1n) is 5.78. The Morgan fingerprint density at radius 3 is 0.741 bits per heavy atom. The Bertz CT molecular complexity index is 495. The largest absolute Gasteiger partial charge is 1.00 e. The summed E-state index contributed by atoms with van der Waals surface area (Å²) in [6, 6.07) is 0. The van der Waals surface area contributed by atoms with Crippen molar-refractivity contribution in [1.82, 2.24) is 0 Å². The van der Waals surface area contributed by atoms with Crippen LogP contribution in [0.5, 0.6) is 0 Å². The molecule has 21 heteroatoms. The molecule has 0 heterocycles. The Kier molecular flexibility index (Phi) is 16.8. The van der Waals surface area contributed by atoms with Crippen molar-refractivity contribution in [3.8, 4) is 0 Å². The Balaban J connectivity index is -0.00000192. The third-order valence-corrected chi connectivity index (χ3v) is 4.35. The van der Waals surface area contributed by atoms with E-state index in [1.165, 1.54) is 0 Å². The van der Waals surface area contributed by atoms with E-state index in [0.717, 1.165) is 0 Å². The number of hydrogen-bond acceptors (Lipinski definition) is 9. The average molecular weight is 489 g/mol. The van der Waals surface area contributed by atoms with Gasteiger partial charge in [-0.05, 0) is 0 Å². The van der Waals surface area contributed by atoms with E-state index in [1.807, 2.05) is 0 Å². The summed E-state index contributed by atoms with van der Waals surface area (Å²) in [5, 5.41) is 29.4. The summed E-state index contributed by atoms with van der Waals surface area (Å²) in [6.45, 7) is 0. The van der Waals surface area contributed by atoms with E-state index in [4.69, 9.17) is 29.4 Å². The van der Waals surface area contributed by atoms with Crippen LogP contribution in [0.1, 0.15) is 0 Å². The normalized spacial score (nSPS) is 31.9. The molecule has 1 aliphatic rings. The molecule has 9 N–H and O–H groups in total. The van der Waals surface area contributed by atoms with Crippen LogP contribution in [0.15, 0.2) is 0 Å². The summed E-state index contributed by atoms with van der Waals surface area (Å²) in [5.41, 5.74) is 0. The van der Waals surface area contributed by atoms with Crippen molar-refractivity contribution >= 4 is 23.5 Å². The Hall–Kier alpha value is 3.21. The minimum atomic E-state index is -5.38. The van der Waals surface area contributed by atoms with Crippen molar-refractivity contribution in [1.29, 1.82) is 0 Å². The molecular formula is C6H15Na3O15P3+3. The van der Waals surface area contributed by atoms with Crippen molar-refractivity contribution in [2.45, 2.75) is 36.6 Å². The fourth-order valence-corrected chi connectivity index (χ4v) is 3.72. The van der Waals surface area contributed by atoms with Crippen LogP contribution in [0, 0.1) is 0 Å². The molecular weight excluding hydrogens is 474 g/mol. The summed E-state index contributed by atoms with van der Waals surface area (Å²) < 4.78 is 44.7. The van der Waals surface area contributed by atoms with Crippen LogP contribution in [0.4, 0.5) is 0 Å². The number of hydrogen-bond donors (Lipinski definition) is 9. The van der Waals surface area contributed by atoms with Crippen LogP contribution in [-0.2, 0) is 27.3 Å². The molecule has 144 valence electrons. The van der Waals surface area contributed by atoms with Gasteiger partial charge < -0.3 is 44.7 Å². The Morgan fingerprint density at radius 2 is 0.630 bits per heavy atom. The predicted molar refractivity (Wildman–Crippen MR) is 68.8 cm³/mol. The zero-order chi connectivity index (χ0) is 19.1. The molecule has 27 heavy (non-hydrogen) atoms. The maximum Gasteiger partial charge on any atom is 1.00 e. The zero-order valence-corrected chi connectivity index (χ0v) is 23.0. The van der Waals surface area contributed by atoms with E-state index in [9.17, 15) is 29.0 Å². The van der Waals surface area contributed by atoms with E-state index in [0.29, 0.717) is 0 Å². The molecule has 0 aromatic carbocycles. The van der Waals surface area contributed by atoms with Gasteiger partial charge in [-0.1, -0.05) is 0 Å². The van der Waals surface area contributed by atoms with Gasteiger partial charge in [0.1, 0.15) is 36.6 Å². The van der Waals surface area contributed by atoms with Gasteiger partial charge in [0.2, 0.25) is 0 Å². The van der Waals surface area contributed by atoms with Gasteiger partial charge in [-0.2, -0.15) is 0 Å². The molecule has 0 radical (unpaired) electrons. The van der Waals surface area contributed by atoms with Crippen molar-refractivity contribution < 1.29 is 161 Å². The molecule has 0 aromatic heterocycles. The molecule has 0 saturated heterocycles. The van der Waals surface area contributed by atoms with E-state index in [2.05, 4.69) is 13.6 Å². The molecule has 1 fully saturated rings. The summed E-state index contributed by atoms with van der Waals surface area (Å²) in [6.07, 6.45) is -14.3. The topological polar surface area (TPSA) is 261 Å². The molecule has 0 unspecified atom stereocenters. The van der Waals surface area contributed by atoms with Gasteiger partial charge in [0.15, 0.2) is 0 Å². The second-order valence-corrected chi connectivity index (χ2v) is 8.23. The summed E-state index contributed by atoms with van der Waals surface area (Å²) in [5.74, 6) is 0. The van der Waals surface area contributed by atoms with E-state index in [-0.39, 0.29) is 88.7 Å². The van der Waals surface area contributed by atoms with Gasteiger partial charge in [0.05, 0.1) is 0 Å². The monoisotopic (exact) mass is 489 g/mol. The van der Waals surface area contributed by atoms with Crippen LogP contribution >= 0.6 is 23.5 Å². The number of phosphoric acid groups is 3. The van der Waals surface area contributed by atoms with E-state index in [1.54, 1.807) is 0 Å². The standard InChI is InChI=1S/C6H15O15P3.3Na/c7-1-4(19-22(10,11)12)2(8)6(21-24(16,17)18)3(9)5(1)20-23(13,14)15;;;/h1-9H,(H2,10,11,12)(H2,13,14,15)(H2,16,17,18);;;/q;3*+1. The summed E-state index contributed by atoms with van der Waals surface area (Å²) >= 11 is 0. The zero-order valence-electron chi connectivity index (χ0n) is 14.3. The van der Waals surface area contributed by atoms with E-state index < -0.39 is 60.1 Å². The molecule has 1 aliphatic carbocycles. The van der Waals surface area contributed by atoms with Crippen LogP contribution in [0.2, 0.25) is 0 Å². The van der Waals surface area contributed by atoms with Crippen LogP contribution in [-0.4, -0.2) is 81.3 Å². The molecule has 1 rings (SSSR count). The molecule has 0 aliphatic heterocycles.